The van der Waals surface area contributed by atoms with Gasteiger partial charge in [0.15, 0.2) is 0 Å². The van der Waals surface area contributed by atoms with E-state index in [-0.39, 0.29) is 30.8 Å². The molecule has 2 saturated heterocycles. The van der Waals surface area contributed by atoms with E-state index in [0.29, 0.717) is 56.8 Å². The minimum atomic E-state index is -0.902. The standard InChI is InChI=1S/C21H29ClN2O5/c1-16(2)20(26)24-8-11-29-21(14-24,13-19(25)23-6-9-27-10-7-23)15-28-18-5-3-4-17(22)12-18/h3-5,12,16H,6-11,13-15H2,1-2H3. The van der Waals surface area contributed by atoms with E-state index in [1.807, 2.05) is 19.9 Å². The van der Waals surface area contributed by atoms with Crippen molar-refractivity contribution in [3.05, 3.63) is 29.3 Å². The Labute approximate surface area is 176 Å². The summed E-state index contributed by atoms with van der Waals surface area (Å²) in [6.07, 6.45) is 0.148. The van der Waals surface area contributed by atoms with Crippen molar-refractivity contribution < 1.29 is 23.8 Å². The number of rotatable bonds is 6. The zero-order chi connectivity index (χ0) is 20.9. The van der Waals surface area contributed by atoms with E-state index in [4.69, 9.17) is 25.8 Å². The second-order valence-corrected chi connectivity index (χ2v) is 8.30. The lowest BCUT2D eigenvalue weighted by Crippen LogP contribution is -2.59. The summed E-state index contributed by atoms with van der Waals surface area (Å²) < 4.78 is 17.4. The molecule has 1 aromatic carbocycles. The molecule has 160 valence electrons. The number of hydrogen-bond donors (Lipinski definition) is 0. The monoisotopic (exact) mass is 424 g/mol. The molecule has 1 aromatic rings. The number of carbonyl (C=O) groups excluding carboxylic acids is 2. The van der Waals surface area contributed by atoms with Crippen LogP contribution in [0.1, 0.15) is 20.3 Å². The van der Waals surface area contributed by atoms with Crippen LogP contribution in [0.4, 0.5) is 0 Å². The summed E-state index contributed by atoms with van der Waals surface area (Å²) in [5.74, 6) is 0.530. The van der Waals surface area contributed by atoms with Crippen molar-refractivity contribution in [1.29, 1.82) is 0 Å². The number of carbonyl (C=O) groups is 2. The summed E-state index contributed by atoms with van der Waals surface area (Å²) in [4.78, 5) is 29.1. The maximum Gasteiger partial charge on any atom is 0.225 e. The minimum Gasteiger partial charge on any atom is -0.490 e. The van der Waals surface area contributed by atoms with Crippen molar-refractivity contribution >= 4 is 23.4 Å². The molecule has 0 N–H and O–H groups in total. The number of halogens is 1. The number of amides is 2. The van der Waals surface area contributed by atoms with Gasteiger partial charge in [-0.05, 0) is 18.2 Å². The van der Waals surface area contributed by atoms with Crippen LogP contribution in [0, 0.1) is 5.92 Å². The largest absolute Gasteiger partial charge is 0.490 e. The Kier molecular flexibility index (Phi) is 7.38. The molecular weight excluding hydrogens is 396 g/mol. The van der Waals surface area contributed by atoms with E-state index < -0.39 is 5.60 Å². The molecule has 7 nitrogen and oxygen atoms in total. The SMILES string of the molecule is CC(C)C(=O)N1CCOC(COc2cccc(Cl)c2)(CC(=O)N2CCOCC2)C1. The molecule has 1 atom stereocenters. The van der Waals surface area contributed by atoms with E-state index >= 15 is 0 Å². The van der Waals surface area contributed by atoms with Crippen LogP contribution < -0.4 is 4.74 Å². The van der Waals surface area contributed by atoms with Gasteiger partial charge in [0.1, 0.15) is 18.0 Å². The Morgan fingerprint density at radius 1 is 1.17 bits per heavy atom. The highest BCUT2D eigenvalue weighted by Crippen LogP contribution is 2.27. The number of hydrogen-bond acceptors (Lipinski definition) is 5. The van der Waals surface area contributed by atoms with Gasteiger partial charge in [-0.2, -0.15) is 0 Å². The lowest BCUT2D eigenvalue weighted by Gasteiger charge is -2.43. The first-order valence-electron chi connectivity index (χ1n) is 10.1. The lowest BCUT2D eigenvalue weighted by molar-refractivity contribution is -0.168. The van der Waals surface area contributed by atoms with Crippen LogP contribution in [-0.4, -0.2) is 79.8 Å². The molecule has 2 heterocycles. The Morgan fingerprint density at radius 3 is 2.59 bits per heavy atom. The summed E-state index contributed by atoms with van der Waals surface area (Å²) in [5.41, 5.74) is -0.902. The molecule has 29 heavy (non-hydrogen) atoms. The third kappa shape index (κ3) is 5.84. The van der Waals surface area contributed by atoms with Crippen LogP contribution in [0.2, 0.25) is 5.02 Å². The molecule has 2 aliphatic heterocycles. The van der Waals surface area contributed by atoms with Gasteiger partial charge in [0.25, 0.3) is 0 Å². The number of benzene rings is 1. The zero-order valence-electron chi connectivity index (χ0n) is 17.1. The molecule has 2 aliphatic rings. The smallest absolute Gasteiger partial charge is 0.225 e. The minimum absolute atomic E-state index is 0.0122. The fourth-order valence-electron chi connectivity index (χ4n) is 3.62. The normalized spacial score (nSPS) is 22.6. The van der Waals surface area contributed by atoms with E-state index in [2.05, 4.69) is 0 Å². The number of morpholine rings is 2. The van der Waals surface area contributed by atoms with E-state index in [1.54, 1.807) is 28.0 Å². The van der Waals surface area contributed by atoms with Gasteiger partial charge in [-0.15, -0.1) is 0 Å². The first kappa shape index (κ1) is 21.9. The van der Waals surface area contributed by atoms with Gasteiger partial charge in [-0.3, -0.25) is 9.59 Å². The fourth-order valence-corrected chi connectivity index (χ4v) is 3.80. The van der Waals surface area contributed by atoms with E-state index in [1.165, 1.54) is 0 Å². The molecule has 0 bridgehead atoms. The lowest BCUT2D eigenvalue weighted by atomic mass is 9.96. The average Bonchev–Trinajstić information content (AvgIpc) is 2.72. The van der Waals surface area contributed by atoms with E-state index in [0.717, 1.165) is 0 Å². The average molecular weight is 425 g/mol. The van der Waals surface area contributed by atoms with Crippen LogP contribution in [0.3, 0.4) is 0 Å². The van der Waals surface area contributed by atoms with Gasteiger partial charge in [-0.25, -0.2) is 0 Å². The molecule has 0 aromatic heterocycles. The van der Waals surface area contributed by atoms with Crippen LogP contribution in [0.25, 0.3) is 0 Å². The molecule has 0 spiro atoms. The summed E-state index contributed by atoms with van der Waals surface area (Å²) in [6, 6.07) is 7.11. The van der Waals surface area contributed by atoms with Gasteiger partial charge >= 0.3 is 0 Å². The van der Waals surface area contributed by atoms with Crippen molar-refractivity contribution in [1.82, 2.24) is 9.80 Å². The molecule has 3 rings (SSSR count). The van der Waals surface area contributed by atoms with Crippen molar-refractivity contribution in [2.75, 3.05) is 52.6 Å². The van der Waals surface area contributed by atoms with Crippen molar-refractivity contribution in [2.45, 2.75) is 25.9 Å². The Hall–Kier alpha value is -1.83. The zero-order valence-corrected chi connectivity index (χ0v) is 17.8. The van der Waals surface area contributed by atoms with Crippen molar-refractivity contribution in [2.24, 2.45) is 5.92 Å². The Balaban J connectivity index is 1.75. The van der Waals surface area contributed by atoms with Gasteiger partial charge in [0, 0.05) is 30.6 Å². The van der Waals surface area contributed by atoms with Crippen LogP contribution in [0.5, 0.6) is 5.75 Å². The highest BCUT2D eigenvalue weighted by atomic mass is 35.5. The molecule has 0 radical (unpaired) electrons. The first-order chi connectivity index (χ1) is 13.9. The fraction of sp³-hybridized carbons (Fsp3) is 0.619. The van der Waals surface area contributed by atoms with Crippen LogP contribution >= 0.6 is 11.6 Å². The van der Waals surface area contributed by atoms with Gasteiger partial charge in [0.2, 0.25) is 11.8 Å². The number of nitrogens with zero attached hydrogens (tertiary/aromatic N) is 2. The molecule has 0 saturated carbocycles. The highest BCUT2D eigenvalue weighted by molar-refractivity contribution is 6.30. The third-order valence-corrected chi connectivity index (χ3v) is 5.42. The predicted molar refractivity (Wildman–Crippen MR) is 109 cm³/mol. The molecule has 8 heteroatoms. The van der Waals surface area contributed by atoms with Crippen molar-refractivity contribution in [3.8, 4) is 5.75 Å². The maximum atomic E-state index is 13.0. The molecule has 1 unspecified atom stereocenters. The topological polar surface area (TPSA) is 68.3 Å². The van der Waals surface area contributed by atoms with E-state index in [9.17, 15) is 9.59 Å². The molecular formula is C21H29ClN2O5. The van der Waals surface area contributed by atoms with Crippen LogP contribution in [0.15, 0.2) is 24.3 Å². The Morgan fingerprint density at radius 2 is 1.90 bits per heavy atom. The summed E-state index contributed by atoms with van der Waals surface area (Å²) in [7, 11) is 0. The number of ether oxygens (including phenoxy) is 3. The highest BCUT2D eigenvalue weighted by Gasteiger charge is 2.42. The molecule has 2 amide bonds. The second-order valence-electron chi connectivity index (χ2n) is 7.86. The summed E-state index contributed by atoms with van der Waals surface area (Å²) in [5, 5.41) is 0.571. The first-order valence-corrected chi connectivity index (χ1v) is 10.4. The maximum absolute atomic E-state index is 13.0. The second kappa shape index (κ2) is 9.78. The summed E-state index contributed by atoms with van der Waals surface area (Å²) in [6.45, 7) is 7.33. The summed E-state index contributed by atoms with van der Waals surface area (Å²) >= 11 is 6.05. The Bertz CT molecular complexity index is 723. The predicted octanol–water partition coefficient (Wildman–Crippen LogP) is 2.22. The van der Waals surface area contributed by atoms with Gasteiger partial charge in [0.05, 0.1) is 32.8 Å². The van der Waals surface area contributed by atoms with Gasteiger partial charge < -0.3 is 24.0 Å². The van der Waals surface area contributed by atoms with Gasteiger partial charge in [-0.1, -0.05) is 31.5 Å². The molecule has 2 fully saturated rings. The van der Waals surface area contributed by atoms with Crippen LogP contribution in [-0.2, 0) is 19.1 Å². The third-order valence-electron chi connectivity index (χ3n) is 5.19. The molecule has 0 aliphatic carbocycles. The quantitative estimate of drug-likeness (QED) is 0.700. The van der Waals surface area contributed by atoms with Crippen molar-refractivity contribution in [3.63, 3.8) is 0 Å².